The van der Waals surface area contributed by atoms with Crippen LogP contribution in [0.2, 0.25) is 0 Å². The molecule has 6 heteroatoms. The Morgan fingerprint density at radius 1 is 1.18 bits per heavy atom. The summed E-state index contributed by atoms with van der Waals surface area (Å²) in [4.78, 5) is 27.0. The van der Waals surface area contributed by atoms with Crippen LogP contribution in [0.25, 0.3) is 6.08 Å². The number of methoxy groups -OCH3 is 1. The minimum Gasteiger partial charge on any atom is -0.496 e. The molecular weight excluding hydrogens is 348 g/mol. The molecule has 2 rings (SSSR count). The Morgan fingerprint density at radius 3 is 2.41 bits per heavy atom. The highest BCUT2D eigenvalue weighted by atomic mass is 79.9. The van der Waals surface area contributed by atoms with E-state index in [2.05, 4.69) is 15.9 Å². The lowest BCUT2D eigenvalue weighted by Crippen LogP contribution is -2.49. The first kappa shape index (κ1) is 16.5. The number of rotatable bonds is 3. The molecule has 1 aliphatic heterocycles. The molecule has 0 spiro atoms. The third-order valence-corrected chi connectivity index (χ3v) is 4.13. The number of piperazine rings is 1. The van der Waals surface area contributed by atoms with Gasteiger partial charge in [0.15, 0.2) is 0 Å². The van der Waals surface area contributed by atoms with E-state index in [-0.39, 0.29) is 11.8 Å². The Balaban J connectivity index is 2.00. The smallest absolute Gasteiger partial charge is 0.246 e. The fourth-order valence-electron chi connectivity index (χ4n) is 2.34. The Bertz CT molecular complexity index is 593. The molecule has 0 bridgehead atoms. The van der Waals surface area contributed by atoms with Crippen LogP contribution in [0.1, 0.15) is 12.5 Å². The van der Waals surface area contributed by atoms with E-state index in [0.717, 1.165) is 10.0 Å². The van der Waals surface area contributed by atoms with Crippen molar-refractivity contribution in [2.45, 2.75) is 6.92 Å². The van der Waals surface area contributed by atoms with Gasteiger partial charge < -0.3 is 14.5 Å². The van der Waals surface area contributed by atoms with Crippen LogP contribution in [0.3, 0.4) is 0 Å². The van der Waals surface area contributed by atoms with Crippen molar-refractivity contribution in [1.82, 2.24) is 9.80 Å². The molecule has 2 amide bonds. The number of amides is 2. The maximum Gasteiger partial charge on any atom is 0.246 e. The van der Waals surface area contributed by atoms with Crippen LogP contribution < -0.4 is 4.74 Å². The zero-order chi connectivity index (χ0) is 16.1. The van der Waals surface area contributed by atoms with Crippen molar-refractivity contribution < 1.29 is 14.3 Å². The van der Waals surface area contributed by atoms with E-state index in [9.17, 15) is 9.59 Å². The van der Waals surface area contributed by atoms with Gasteiger partial charge in [0.2, 0.25) is 11.8 Å². The van der Waals surface area contributed by atoms with E-state index in [1.165, 1.54) is 0 Å². The summed E-state index contributed by atoms with van der Waals surface area (Å²) in [5, 5.41) is 0. The molecule has 1 aliphatic rings. The van der Waals surface area contributed by atoms with Crippen LogP contribution in [0.15, 0.2) is 28.7 Å². The largest absolute Gasteiger partial charge is 0.496 e. The summed E-state index contributed by atoms with van der Waals surface area (Å²) in [5.41, 5.74) is 0.840. The summed E-state index contributed by atoms with van der Waals surface area (Å²) in [6.07, 6.45) is 3.30. The standard InChI is InChI=1S/C16H19BrN2O3/c1-12(20)18-7-9-19(10-8-18)16(21)6-3-13-11-14(17)4-5-15(13)22-2/h3-6,11H,7-10H2,1-2H3. The minimum atomic E-state index is -0.0507. The molecule has 22 heavy (non-hydrogen) atoms. The predicted octanol–water partition coefficient (Wildman–Crippen LogP) is 2.16. The van der Waals surface area contributed by atoms with E-state index in [1.807, 2.05) is 18.2 Å². The maximum atomic E-state index is 12.2. The topological polar surface area (TPSA) is 49.9 Å². The van der Waals surface area contributed by atoms with Crippen molar-refractivity contribution >= 4 is 33.8 Å². The Labute approximate surface area is 138 Å². The van der Waals surface area contributed by atoms with Gasteiger partial charge in [-0.25, -0.2) is 0 Å². The van der Waals surface area contributed by atoms with Crippen molar-refractivity contribution in [2.24, 2.45) is 0 Å². The fraction of sp³-hybridized carbons (Fsp3) is 0.375. The number of carbonyl (C=O) groups is 2. The molecule has 0 aromatic heterocycles. The van der Waals surface area contributed by atoms with Gasteiger partial charge in [0.1, 0.15) is 5.75 Å². The second-order valence-corrected chi connectivity index (χ2v) is 5.97. The van der Waals surface area contributed by atoms with Gasteiger partial charge in [-0.3, -0.25) is 9.59 Å². The summed E-state index contributed by atoms with van der Waals surface area (Å²) in [5.74, 6) is 0.723. The van der Waals surface area contributed by atoms with Gasteiger partial charge in [-0.1, -0.05) is 15.9 Å². The van der Waals surface area contributed by atoms with Gasteiger partial charge in [0.05, 0.1) is 7.11 Å². The molecule has 0 unspecified atom stereocenters. The third kappa shape index (κ3) is 4.10. The van der Waals surface area contributed by atoms with Gasteiger partial charge in [0, 0.05) is 49.2 Å². The Morgan fingerprint density at radius 2 is 1.82 bits per heavy atom. The first-order valence-corrected chi connectivity index (χ1v) is 7.86. The molecule has 5 nitrogen and oxygen atoms in total. The lowest BCUT2D eigenvalue weighted by molar-refractivity contribution is -0.135. The van der Waals surface area contributed by atoms with Crippen LogP contribution in [0, 0.1) is 0 Å². The zero-order valence-corrected chi connectivity index (χ0v) is 14.3. The highest BCUT2D eigenvalue weighted by Crippen LogP contribution is 2.24. The lowest BCUT2D eigenvalue weighted by Gasteiger charge is -2.33. The summed E-state index contributed by atoms with van der Waals surface area (Å²) < 4.78 is 6.20. The van der Waals surface area contributed by atoms with Crippen molar-refractivity contribution in [3.8, 4) is 5.75 Å². The summed E-state index contributed by atoms with van der Waals surface area (Å²) in [6.45, 7) is 3.87. The highest BCUT2D eigenvalue weighted by Gasteiger charge is 2.20. The van der Waals surface area contributed by atoms with E-state index in [1.54, 1.807) is 36.0 Å². The predicted molar refractivity (Wildman–Crippen MR) is 88.6 cm³/mol. The molecule has 0 aliphatic carbocycles. The normalized spacial score (nSPS) is 15.2. The highest BCUT2D eigenvalue weighted by molar-refractivity contribution is 9.10. The van der Waals surface area contributed by atoms with E-state index in [0.29, 0.717) is 31.9 Å². The molecule has 1 aromatic carbocycles. The number of benzene rings is 1. The first-order chi connectivity index (χ1) is 10.5. The molecule has 1 aromatic rings. The average molecular weight is 367 g/mol. The number of carbonyl (C=O) groups excluding carboxylic acids is 2. The van der Waals surface area contributed by atoms with Gasteiger partial charge in [0.25, 0.3) is 0 Å². The summed E-state index contributed by atoms with van der Waals surface area (Å²) in [6, 6.07) is 5.63. The number of nitrogens with zero attached hydrogens (tertiary/aromatic N) is 2. The Hall–Kier alpha value is -1.82. The number of hydrogen-bond donors (Lipinski definition) is 0. The fourth-order valence-corrected chi connectivity index (χ4v) is 2.72. The van der Waals surface area contributed by atoms with Crippen molar-refractivity contribution in [1.29, 1.82) is 0 Å². The van der Waals surface area contributed by atoms with Crippen LogP contribution in [0.5, 0.6) is 5.75 Å². The van der Waals surface area contributed by atoms with Crippen molar-refractivity contribution in [2.75, 3.05) is 33.3 Å². The SMILES string of the molecule is COc1ccc(Br)cc1C=CC(=O)N1CCN(C(C)=O)CC1. The second-order valence-electron chi connectivity index (χ2n) is 5.05. The quantitative estimate of drug-likeness (QED) is 0.770. The molecule has 1 heterocycles. The number of ether oxygens (including phenoxy) is 1. The second kappa shape index (κ2) is 7.45. The van der Waals surface area contributed by atoms with Gasteiger partial charge in [-0.05, 0) is 24.3 Å². The van der Waals surface area contributed by atoms with Crippen LogP contribution in [-0.2, 0) is 9.59 Å². The third-order valence-electron chi connectivity index (χ3n) is 3.63. The Kier molecular flexibility index (Phi) is 5.60. The number of halogens is 1. The van der Waals surface area contributed by atoms with E-state index < -0.39 is 0 Å². The maximum absolute atomic E-state index is 12.2. The van der Waals surface area contributed by atoms with Gasteiger partial charge >= 0.3 is 0 Å². The molecule has 0 N–H and O–H groups in total. The average Bonchev–Trinajstić information content (AvgIpc) is 2.52. The van der Waals surface area contributed by atoms with Crippen molar-refractivity contribution in [3.63, 3.8) is 0 Å². The zero-order valence-electron chi connectivity index (χ0n) is 12.7. The molecular formula is C16H19BrN2O3. The molecule has 0 saturated carbocycles. The molecule has 1 saturated heterocycles. The molecule has 118 valence electrons. The summed E-state index contributed by atoms with van der Waals surface area (Å²) in [7, 11) is 1.60. The van der Waals surface area contributed by atoms with Gasteiger partial charge in [-0.15, -0.1) is 0 Å². The van der Waals surface area contributed by atoms with E-state index >= 15 is 0 Å². The van der Waals surface area contributed by atoms with Crippen LogP contribution in [-0.4, -0.2) is 54.9 Å². The van der Waals surface area contributed by atoms with Gasteiger partial charge in [-0.2, -0.15) is 0 Å². The molecule has 1 fully saturated rings. The monoisotopic (exact) mass is 366 g/mol. The van der Waals surface area contributed by atoms with Crippen molar-refractivity contribution in [3.05, 3.63) is 34.3 Å². The van der Waals surface area contributed by atoms with Crippen LogP contribution in [0.4, 0.5) is 0 Å². The number of hydrogen-bond acceptors (Lipinski definition) is 3. The first-order valence-electron chi connectivity index (χ1n) is 7.07. The summed E-state index contributed by atoms with van der Waals surface area (Å²) >= 11 is 3.41. The minimum absolute atomic E-state index is 0.0507. The molecule has 0 atom stereocenters. The van der Waals surface area contributed by atoms with E-state index in [4.69, 9.17) is 4.74 Å². The van der Waals surface area contributed by atoms with Crippen LogP contribution >= 0.6 is 15.9 Å². The lowest BCUT2D eigenvalue weighted by atomic mass is 10.2. The molecule has 0 radical (unpaired) electrons.